The molecule has 27 heavy (non-hydrogen) atoms. The summed E-state index contributed by atoms with van der Waals surface area (Å²) in [4.78, 5) is 15.2. The molecule has 142 valence electrons. The summed E-state index contributed by atoms with van der Waals surface area (Å²) < 4.78 is 0. The van der Waals surface area contributed by atoms with Crippen molar-refractivity contribution in [1.82, 2.24) is 14.9 Å². The molecule has 2 heterocycles. The number of hydrogen-bond donors (Lipinski definition) is 1. The van der Waals surface area contributed by atoms with Gasteiger partial charge in [0.25, 0.3) is 0 Å². The molecule has 1 aliphatic carbocycles. The van der Waals surface area contributed by atoms with Crippen molar-refractivity contribution < 1.29 is 5.11 Å². The number of aliphatic hydroxyl groups is 1. The first-order valence-corrected chi connectivity index (χ1v) is 10.3. The SMILES string of the molecule is CN(C)Cc1nc(N(C)CC2CC(O)C2)c2c(-c3ccccc3)csc2n1. The lowest BCUT2D eigenvalue weighted by Gasteiger charge is -2.35. The maximum Gasteiger partial charge on any atom is 0.146 e. The molecule has 4 rings (SSSR count). The van der Waals surface area contributed by atoms with E-state index in [1.165, 1.54) is 11.1 Å². The molecule has 1 saturated carbocycles. The molecule has 0 aliphatic heterocycles. The lowest BCUT2D eigenvalue weighted by molar-refractivity contribution is 0.0464. The minimum Gasteiger partial charge on any atom is -0.393 e. The van der Waals surface area contributed by atoms with Gasteiger partial charge in [-0.1, -0.05) is 30.3 Å². The number of fused-ring (bicyclic) bond motifs is 1. The van der Waals surface area contributed by atoms with Gasteiger partial charge in [-0.3, -0.25) is 0 Å². The van der Waals surface area contributed by atoms with Crippen molar-refractivity contribution in [2.45, 2.75) is 25.5 Å². The van der Waals surface area contributed by atoms with Crippen molar-refractivity contribution in [2.24, 2.45) is 5.92 Å². The van der Waals surface area contributed by atoms with Crippen LogP contribution in [0.1, 0.15) is 18.7 Å². The number of aromatic nitrogens is 2. The monoisotopic (exact) mass is 382 g/mol. The molecule has 2 aromatic heterocycles. The van der Waals surface area contributed by atoms with E-state index in [4.69, 9.17) is 9.97 Å². The molecule has 0 spiro atoms. The molecule has 1 N–H and O–H groups in total. The number of anilines is 1. The van der Waals surface area contributed by atoms with E-state index in [0.717, 1.165) is 47.8 Å². The van der Waals surface area contributed by atoms with Crippen molar-refractivity contribution in [3.8, 4) is 11.1 Å². The normalized spacial score (nSPS) is 19.4. The van der Waals surface area contributed by atoms with Crippen LogP contribution < -0.4 is 4.90 Å². The summed E-state index contributed by atoms with van der Waals surface area (Å²) in [7, 11) is 6.19. The zero-order valence-electron chi connectivity index (χ0n) is 16.1. The lowest BCUT2D eigenvalue weighted by Crippen LogP contribution is -2.37. The summed E-state index contributed by atoms with van der Waals surface area (Å²) in [6.07, 6.45) is 1.65. The molecule has 1 fully saturated rings. The highest BCUT2D eigenvalue weighted by Gasteiger charge is 2.29. The molecule has 5 nitrogen and oxygen atoms in total. The van der Waals surface area contributed by atoms with E-state index in [1.807, 2.05) is 20.2 Å². The Labute approximate surface area is 164 Å². The van der Waals surface area contributed by atoms with Crippen molar-refractivity contribution in [3.05, 3.63) is 41.5 Å². The van der Waals surface area contributed by atoms with E-state index >= 15 is 0 Å². The maximum atomic E-state index is 9.63. The van der Waals surface area contributed by atoms with Gasteiger partial charge < -0.3 is 14.9 Å². The van der Waals surface area contributed by atoms with Crippen LogP contribution in [0.2, 0.25) is 0 Å². The number of rotatable bonds is 6. The van der Waals surface area contributed by atoms with Gasteiger partial charge in [-0.15, -0.1) is 11.3 Å². The molecule has 6 heteroatoms. The van der Waals surface area contributed by atoms with E-state index < -0.39 is 0 Å². The highest BCUT2D eigenvalue weighted by molar-refractivity contribution is 7.17. The molecule has 0 atom stereocenters. The van der Waals surface area contributed by atoms with Crippen LogP contribution in [0.25, 0.3) is 21.3 Å². The summed E-state index contributed by atoms with van der Waals surface area (Å²) in [6, 6.07) is 10.5. The Morgan fingerprint density at radius 1 is 1.11 bits per heavy atom. The van der Waals surface area contributed by atoms with Gasteiger partial charge in [-0.05, 0) is 38.4 Å². The largest absolute Gasteiger partial charge is 0.393 e. The number of thiophene rings is 1. The third kappa shape index (κ3) is 3.83. The van der Waals surface area contributed by atoms with E-state index in [2.05, 4.69) is 46.5 Å². The fourth-order valence-electron chi connectivity index (χ4n) is 3.75. The number of benzene rings is 1. The predicted octanol–water partition coefficient (Wildman–Crippen LogP) is 3.63. The average Bonchev–Trinajstić information content (AvgIpc) is 3.03. The zero-order valence-corrected chi connectivity index (χ0v) is 16.9. The first-order valence-electron chi connectivity index (χ1n) is 9.38. The van der Waals surface area contributed by atoms with Crippen molar-refractivity contribution in [1.29, 1.82) is 0 Å². The second-order valence-corrected chi connectivity index (χ2v) is 8.63. The van der Waals surface area contributed by atoms with Crippen molar-refractivity contribution in [2.75, 3.05) is 32.6 Å². The van der Waals surface area contributed by atoms with Gasteiger partial charge in [-0.25, -0.2) is 9.97 Å². The standard InChI is InChI=1S/C21H26N4OS/c1-24(2)12-18-22-20(25(3)11-14-9-16(26)10-14)19-17(13-27-21(19)23-18)15-7-5-4-6-8-15/h4-8,13-14,16,26H,9-12H2,1-3H3. The Kier molecular flexibility index (Phi) is 5.12. The molecule has 1 aliphatic rings. The van der Waals surface area contributed by atoms with Gasteiger partial charge in [0.05, 0.1) is 18.0 Å². The molecule has 0 saturated heterocycles. The Balaban J connectivity index is 1.78. The number of nitrogens with zero attached hydrogens (tertiary/aromatic N) is 4. The third-order valence-corrected chi connectivity index (χ3v) is 5.98. The molecular weight excluding hydrogens is 356 g/mol. The first kappa shape index (κ1) is 18.3. The molecular formula is C21H26N4OS. The Morgan fingerprint density at radius 3 is 2.52 bits per heavy atom. The molecule has 0 unspecified atom stereocenters. The van der Waals surface area contributed by atoms with Crippen LogP contribution in [0.3, 0.4) is 0 Å². The van der Waals surface area contributed by atoms with E-state index in [1.54, 1.807) is 11.3 Å². The summed E-state index contributed by atoms with van der Waals surface area (Å²) in [5, 5.41) is 13.0. The highest BCUT2D eigenvalue weighted by atomic mass is 32.1. The fraction of sp³-hybridized carbons (Fsp3) is 0.429. The summed E-state index contributed by atoms with van der Waals surface area (Å²) in [5.74, 6) is 2.38. The van der Waals surface area contributed by atoms with E-state index in [-0.39, 0.29) is 6.10 Å². The lowest BCUT2D eigenvalue weighted by atomic mass is 9.82. The predicted molar refractivity (Wildman–Crippen MR) is 112 cm³/mol. The second kappa shape index (κ2) is 7.54. The van der Waals surface area contributed by atoms with E-state index in [0.29, 0.717) is 5.92 Å². The molecule has 1 aromatic carbocycles. The number of aliphatic hydroxyl groups excluding tert-OH is 1. The average molecular weight is 383 g/mol. The first-order chi connectivity index (χ1) is 13.0. The van der Waals surface area contributed by atoms with Crippen LogP contribution in [-0.4, -0.2) is 53.8 Å². The molecule has 3 aromatic rings. The van der Waals surface area contributed by atoms with Gasteiger partial charge in [0.2, 0.25) is 0 Å². The van der Waals surface area contributed by atoms with Crippen molar-refractivity contribution in [3.63, 3.8) is 0 Å². The molecule has 0 amide bonds. The Hall–Kier alpha value is -2.02. The van der Waals surface area contributed by atoms with Crippen LogP contribution in [0.15, 0.2) is 35.7 Å². The minimum atomic E-state index is -0.126. The van der Waals surface area contributed by atoms with Crippen LogP contribution in [0.5, 0.6) is 0 Å². The highest BCUT2D eigenvalue weighted by Crippen LogP contribution is 2.39. The zero-order chi connectivity index (χ0) is 19.0. The minimum absolute atomic E-state index is 0.126. The maximum absolute atomic E-state index is 9.63. The molecule has 0 radical (unpaired) electrons. The van der Waals surface area contributed by atoms with Gasteiger partial charge in [0.1, 0.15) is 16.5 Å². The van der Waals surface area contributed by atoms with Crippen LogP contribution in [-0.2, 0) is 6.54 Å². The van der Waals surface area contributed by atoms with Gasteiger partial charge >= 0.3 is 0 Å². The smallest absolute Gasteiger partial charge is 0.146 e. The van der Waals surface area contributed by atoms with Gasteiger partial charge in [0.15, 0.2) is 0 Å². The summed E-state index contributed by atoms with van der Waals surface area (Å²) >= 11 is 1.68. The number of hydrogen-bond acceptors (Lipinski definition) is 6. The molecule has 0 bridgehead atoms. The second-order valence-electron chi connectivity index (χ2n) is 7.77. The Bertz CT molecular complexity index is 919. The van der Waals surface area contributed by atoms with Gasteiger partial charge in [0, 0.05) is 24.5 Å². The third-order valence-electron chi connectivity index (χ3n) is 5.11. The fourth-order valence-corrected chi connectivity index (χ4v) is 4.71. The summed E-state index contributed by atoms with van der Waals surface area (Å²) in [5.41, 5.74) is 2.39. The van der Waals surface area contributed by atoms with Crippen LogP contribution in [0, 0.1) is 5.92 Å². The van der Waals surface area contributed by atoms with Crippen molar-refractivity contribution >= 4 is 27.4 Å². The topological polar surface area (TPSA) is 52.5 Å². The quantitative estimate of drug-likeness (QED) is 0.706. The Morgan fingerprint density at radius 2 is 1.85 bits per heavy atom. The van der Waals surface area contributed by atoms with Crippen LogP contribution >= 0.6 is 11.3 Å². The van der Waals surface area contributed by atoms with Crippen LogP contribution in [0.4, 0.5) is 5.82 Å². The van der Waals surface area contributed by atoms with Gasteiger partial charge in [-0.2, -0.15) is 0 Å². The van der Waals surface area contributed by atoms with E-state index in [9.17, 15) is 5.11 Å². The summed E-state index contributed by atoms with van der Waals surface area (Å²) in [6.45, 7) is 1.63.